The smallest absolute Gasteiger partial charge is 0.335 e. The number of amides is 1. The predicted octanol–water partition coefficient (Wildman–Crippen LogP) is 7.67. The van der Waals surface area contributed by atoms with Crippen molar-refractivity contribution in [1.82, 2.24) is 14.5 Å². The van der Waals surface area contributed by atoms with Crippen LogP contribution < -0.4 is 5.32 Å². The van der Waals surface area contributed by atoms with Gasteiger partial charge in [0.15, 0.2) is 0 Å². The molecule has 5 aromatic rings. The van der Waals surface area contributed by atoms with Gasteiger partial charge >= 0.3 is 13.6 Å². The van der Waals surface area contributed by atoms with Gasteiger partial charge in [-0.1, -0.05) is 48.0 Å². The summed E-state index contributed by atoms with van der Waals surface area (Å²) in [6.45, 7) is 4.16. The van der Waals surface area contributed by atoms with E-state index in [1.54, 1.807) is 61.1 Å². The maximum absolute atomic E-state index is 12.9. The van der Waals surface area contributed by atoms with Gasteiger partial charge < -0.3 is 18.8 Å². The standard InChI is InChI=1S/C30H30ClN4O5P/c1-3-38-41(37,39-4-2)19-21-9-15-24(16-10-21)33-28(36)18-17-27-29(22-11-13-23(31)14-12-22)34-30(40-27)35-20-32-25-7-5-6-8-26(25)35/h5-16,20H,3-4,17-19H2,1-2H3,(H,33,36). The van der Waals surface area contributed by atoms with Gasteiger partial charge in [0.05, 0.1) is 30.4 Å². The minimum atomic E-state index is -3.21. The average molecular weight is 593 g/mol. The summed E-state index contributed by atoms with van der Waals surface area (Å²) in [5, 5.41) is 3.53. The summed E-state index contributed by atoms with van der Waals surface area (Å²) in [6.07, 6.45) is 2.33. The van der Waals surface area contributed by atoms with Gasteiger partial charge in [-0.15, -0.1) is 0 Å². The lowest BCUT2D eigenvalue weighted by molar-refractivity contribution is -0.116. The molecule has 212 valence electrons. The number of hydrogen-bond donors (Lipinski definition) is 1. The quantitative estimate of drug-likeness (QED) is 0.148. The van der Waals surface area contributed by atoms with Crippen molar-refractivity contribution in [3.05, 3.63) is 95.5 Å². The minimum Gasteiger partial charge on any atom is -0.427 e. The first-order valence-corrected chi connectivity index (χ1v) is 15.4. The third kappa shape index (κ3) is 6.94. The predicted molar refractivity (Wildman–Crippen MR) is 160 cm³/mol. The fourth-order valence-corrected chi connectivity index (χ4v) is 6.27. The SMILES string of the molecule is CCOP(=O)(Cc1ccc(NC(=O)CCc2oc(-n3cnc4ccccc43)nc2-c2ccc(Cl)cc2)cc1)OCC. The van der Waals surface area contributed by atoms with Crippen molar-refractivity contribution in [2.75, 3.05) is 18.5 Å². The number of carbonyl (C=O) groups excluding carboxylic acids is 1. The third-order valence-corrected chi connectivity index (χ3v) is 8.62. The van der Waals surface area contributed by atoms with Crippen LogP contribution in [0.1, 0.15) is 31.6 Å². The highest BCUT2D eigenvalue weighted by molar-refractivity contribution is 7.53. The second-order valence-electron chi connectivity index (χ2n) is 9.23. The van der Waals surface area contributed by atoms with Gasteiger partial charge in [0.2, 0.25) is 5.91 Å². The molecule has 11 heteroatoms. The second-order valence-corrected chi connectivity index (χ2v) is 11.7. The van der Waals surface area contributed by atoms with Gasteiger partial charge in [-0.25, -0.2) is 4.98 Å². The van der Waals surface area contributed by atoms with Crippen LogP contribution in [0.2, 0.25) is 5.02 Å². The highest BCUT2D eigenvalue weighted by Crippen LogP contribution is 2.51. The molecule has 2 aromatic heterocycles. The van der Waals surface area contributed by atoms with Crippen LogP contribution in [0.25, 0.3) is 28.3 Å². The molecule has 0 fully saturated rings. The molecule has 3 aromatic carbocycles. The van der Waals surface area contributed by atoms with Crippen molar-refractivity contribution in [2.24, 2.45) is 0 Å². The Hall–Kier alpha value is -3.75. The Bertz CT molecular complexity index is 1670. The van der Waals surface area contributed by atoms with Gasteiger partial charge in [-0.2, -0.15) is 4.98 Å². The van der Waals surface area contributed by atoms with Crippen molar-refractivity contribution < 1.29 is 22.8 Å². The van der Waals surface area contributed by atoms with Crippen LogP contribution in [-0.4, -0.2) is 33.7 Å². The summed E-state index contributed by atoms with van der Waals surface area (Å²) in [4.78, 5) is 22.1. The van der Waals surface area contributed by atoms with Gasteiger partial charge in [0.1, 0.15) is 17.8 Å². The summed E-state index contributed by atoms with van der Waals surface area (Å²) in [7, 11) is -3.21. The summed E-state index contributed by atoms with van der Waals surface area (Å²) in [5.74, 6) is 0.397. The first kappa shape index (κ1) is 28.8. The summed E-state index contributed by atoms with van der Waals surface area (Å²) >= 11 is 6.10. The van der Waals surface area contributed by atoms with Crippen LogP contribution in [0.15, 0.2) is 83.5 Å². The molecule has 1 amide bonds. The number of para-hydroxylation sites is 2. The number of oxazole rings is 1. The monoisotopic (exact) mass is 592 g/mol. The van der Waals surface area contributed by atoms with E-state index in [9.17, 15) is 9.36 Å². The minimum absolute atomic E-state index is 0.163. The average Bonchev–Trinajstić information content (AvgIpc) is 3.58. The van der Waals surface area contributed by atoms with E-state index in [4.69, 9.17) is 30.0 Å². The molecule has 41 heavy (non-hydrogen) atoms. The van der Waals surface area contributed by atoms with Crippen molar-refractivity contribution in [3.63, 3.8) is 0 Å². The number of fused-ring (bicyclic) bond motifs is 1. The molecule has 0 atom stereocenters. The first-order chi connectivity index (χ1) is 19.9. The summed E-state index contributed by atoms with van der Waals surface area (Å²) in [5.41, 5.74) is 4.58. The van der Waals surface area contributed by atoms with Crippen LogP contribution in [-0.2, 0) is 31.0 Å². The Labute approximate surface area is 243 Å². The van der Waals surface area contributed by atoms with Gasteiger partial charge in [0, 0.05) is 29.1 Å². The Morgan fingerprint density at radius 2 is 1.71 bits per heavy atom. The van der Waals surface area contributed by atoms with Gasteiger partial charge in [-0.3, -0.25) is 13.9 Å². The molecule has 2 heterocycles. The lowest BCUT2D eigenvalue weighted by Gasteiger charge is -2.17. The maximum atomic E-state index is 12.9. The van der Waals surface area contributed by atoms with E-state index in [1.165, 1.54) is 0 Å². The highest BCUT2D eigenvalue weighted by Gasteiger charge is 2.24. The number of nitrogens with zero attached hydrogens (tertiary/aromatic N) is 3. The molecule has 0 spiro atoms. The molecule has 0 aliphatic rings. The number of aryl methyl sites for hydroxylation is 1. The van der Waals surface area contributed by atoms with Crippen LogP contribution in [0, 0.1) is 0 Å². The normalized spacial score (nSPS) is 11.7. The van der Waals surface area contributed by atoms with E-state index < -0.39 is 7.60 Å². The number of rotatable bonds is 12. The number of aromatic nitrogens is 3. The van der Waals surface area contributed by atoms with Crippen molar-refractivity contribution in [2.45, 2.75) is 32.9 Å². The topological polar surface area (TPSA) is 108 Å². The van der Waals surface area contributed by atoms with E-state index in [0.717, 1.165) is 22.2 Å². The number of halogens is 1. The molecule has 1 N–H and O–H groups in total. The van der Waals surface area contributed by atoms with Crippen molar-refractivity contribution in [1.29, 1.82) is 0 Å². The van der Waals surface area contributed by atoms with Crippen LogP contribution in [0.4, 0.5) is 5.69 Å². The molecule has 0 radical (unpaired) electrons. The van der Waals surface area contributed by atoms with E-state index in [2.05, 4.69) is 10.3 Å². The number of imidazole rings is 1. The Morgan fingerprint density at radius 1 is 1.00 bits per heavy atom. The number of carbonyl (C=O) groups is 1. The molecule has 0 saturated carbocycles. The molecular weight excluding hydrogens is 563 g/mol. The first-order valence-electron chi connectivity index (χ1n) is 13.3. The molecule has 0 bridgehead atoms. The number of anilines is 1. The Kier molecular flexibility index (Phi) is 9.00. The molecular formula is C30H30ClN4O5P. The lowest BCUT2D eigenvalue weighted by Crippen LogP contribution is -2.12. The summed E-state index contributed by atoms with van der Waals surface area (Å²) in [6, 6.07) is 22.6. The zero-order chi connectivity index (χ0) is 28.8. The van der Waals surface area contributed by atoms with E-state index >= 15 is 0 Å². The summed E-state index contributed by atoms with van der Waals surface area (Å²) < 4.78 is 31.6. The zero-order valence-corrected chi connectivity index (χ0v) is 24.4. The van der Waals surface area contributed by atoms with Crippen LogP contribution in [0.5, 0.6) is 0 Å². The number of benzene rings is 3. The third-order valence-electron chi connectivity index (χ3n) is 6.31. The zero-order valence-electron chi connectivity index (χ0n) is 22.7. The molecule has 0 aliphatic heterocycles. The second kappa shape index (κ2) is 12.8. The van der Waals surface area contributed by atoms with Gasteiger partial charge in [0.25, 0.3) is 0 Å². The van der Waals surface area contributed by atoms with Crippen molar-refractivity contribution >= 4 is 41.8 Å². The maximum Gasteiger partial charge on any atom is 0.335 e. The van der Waals surface area contributed by atoms with Crippen molar-refractivity contribution in [3.8, 4) is 17.3 Å². The lowest BCUT2D eigenvalue weighted by atomic mass is 10.1. The van der Waals surface area contributed by atoms with Gasteiger partial charge in [-0.05, 0) is 55.8 Å². The molecule has 0 unspecified atom stereocenters. The molecule has 5 rings (SSSR count). The fraction of sp³-hybridized carbons (Fsp3) is 0.233. The molecule has 0 saturated heterocycles. The van der Waals surface area contributed by atoms with E-state index in [1.807, 2.05) is 36.4 Å². The molecule has 0 aliphatic carbocycles. The van der Waals surface area contributed by atoms with Crippen LogP contribution in [0.3, 0.4) is 0 Å². The van der Waals surface area contributed by atoms with E-state index in [-0.39, 0.29) is 18.5 Å². The van der Waals surface area contributed by atoms with E-state index in [0.29, 0.717) is 47.8 Å². The number of hydrogen-bond acceptors (Lipinski definition) is 7. The van der Waals surface area contributed by atoms with Crippen LogP contribution >= 0.6 is 19.2 Å². The highest BCUT2D eigenvalue weighted by atomic mass is 35.5. The number of nitrogens with one attached hydrogen (secondary N) is 1. The largest absolute Gasteiger partial charge is 0.427 e. The fourth-order valence-electron chi connectivity index (χ4n) is 4.45. The Morgan fingerprint density at radius 3 is 2.41 bits per heavy atom. The molecule has 9 nitrogen and oxygen atoms in total. The Balaban J connectivity index is 1.30.